The van der Waals surface area contributed by atoms with Gasteiger partial charge in [-0.1, -0.05) is 133 Å². The number of aryl methyl sites for hydroxylation is 5. The van der Waals surface area contributed by atoms with E-state index in [4.69, 9.17) is 0 Å². The third kappa shape index (κ3) is 9.88. The van der Waals surface area contributed by atoms with Crippen LogP contribution in [0, 0.1) is 34.6 Å². The van der Waals surface area contributed by atoms with Gasteiger partial charge in [-0.2, -0.15) is 0 Å². The van der Waals surface area contributed by atoms with Gasteiger partial charge in [-0.05, 0) is 79.2 Å². The number of hydrogen-bond donors (Lipinski definition) is 0. The fraction of sp³-hybridized carbons (Fsp3) is 0.471. The van der Waals surface area contributed by atoms with Crippen LogP contribution in [-0.2, 0) is 10.8 Å². The summed E-state index contributed by atoms with van der Waals surface area (Å²) in [4.78, 5) is 0. The summed E-state index contributed by atoms with van der Waals surface area (Å²) in [5, 5.41) is 0. The lowest BCUT2D eigenvalue weighted by Gasteiger charge is -2.21. The van der Waals surface area contributed by atoms with Crippen molar-refractivity contribution in [2.24, 2.45) is 0 Å². The SMILES string of the molecule is Cc1ccc(C(C)(C)C)c(C)c1.Cc1ccc(C(C)(C)C)c(C)c1.Cc1ccc(C(C)C)cc1. The van der Waals surface area contributed by atoms with Crippen LogP contribution in [-0.4, -0.2) is 0 Å². The van der Waals surface area contributed by atoms with Gasteiger partial charge in [0.2, 0.25) is 0 Å². The second-order valence-corrected chi connectivity index (χ2v) is 12.2. The molecule has 0 aliphatic carbocycles. The van der Waals surface area contributed by atoms with E-state index in [2.05, 4.69) is 151 Å². The smallest absolute Gasteiger partial charge is 0.0129 e. The summed E-state index contributed by atoms with van der Waals surface area (Å²) in [6.45, 7) is 28.7. The van der Waals surface area contributed by atoms with E-state index < -0.39 is 0 Å². The third-order valence-corrected chi connectivity index (χ3v) is 6.12. The summed E-state index contributed by atoms with van der Waals surface area (Å²) in [6.07, 6.45) is 0. The average Bonchev–Trinajstić information content (AvgIpc) is 2.67. The molecule has 0 saturated heterocycles. The molecule has 34 heavy (non-hydrogen) atoms. The zero-order chi connectivity index (χ0) is 26.3. The number of hydrogen-bond acceptors (Lipinski definition) is 0. The Balaban J connectivity index is 0.000000256. The molecule has 0 saturated carbocycles. The molecule has 186 valence electrons. The van der Waals surface area contributed by atoms with Gasteiger partial charge in [0.1, 0.15) is 0 Å². The topological polar surface area (TPSA) is 0 Å². The zero-order valence-corrected chi connectivity index (χ0v) is 24.4. The van der Waals surface area contributed by atoms with Crippen molar-refractivity contribution in [1.29, 1.82) is 0 Å². The maximum Gasteiger partial charge on any atom is -0.0129 e. The molecule has 0 fully saturated rings. The molecule has 0 heterocycles. The molecule has 0 bridgehead atoms. The van der Waals surface area contributed by atoms with Crippen molar-refractivity contribution in [3.8, 4) is 0 Å². The second kappa shape index (κ2) is 12.4. The normalized spacial score (nSPS) is 11.4. The van der Waals surface area contributed by atoms with E-state index in [1.807, 2.05) is 0 Å². The predicted octanol–water partition coefficient (Wildman–Crippen LogP) is 10.3. The van der Waals surface area contributed by atoms with Crippen LogP contribution in [0.15, 0.2) is 60.7 Å². The maximum atomic E-state index is 2.25. The molecule has 0 atom stereocenters. The van der Waals surface area contributed by atoms with Crippen LogP contribution >= 0.6 is 0 Å². The second-order valence-electron chi connectivity index (χ2n) is 12.2. The van der Waals surface area contributed by atoms with E-state index in [0.29, 0.717) is 5.92 Å². The Bertz CT molecular complexity index is 958. The molecule has 0 heteroatoms. The van der Waals surface area contributed by atoms with Gasteiger partial charge in [-0.3, -0.25) is 0 Å². The molecule has 0 unspecified atom stereocenters. The first-order valence-corrected chi connectivity index (χ1v) is 12.7. The average molecular weight is 459 g/mol. The van der Waals surface area contributed by atoms with Crippen LogP contribution in [0.4, 0.5) is 0 Å². The molecule has 0 aromatic heterocycles. The Labute approximate surface area is 211 Å². The summed E-state index contributed by atoms with van der Waals surface area (Å²) >= 11 is 0. The first-order valence-electron chi connectivity index (χ1n) is 12.7. The Hall–Kier alpha value is -2.34. The highest BCUT2D eigenvalue weighted by Gasteiger charge is 2.16. The minimum Gasteiger partial charge on any atom is -0.0590 e. The van der Waals surface area contributed by atoms with E-state index in [0.717, 1.165) is 0 Å². The van der Waals surface area contributed by atoms with Gasteiger partial charge >= 0.3 is 0 Å². The first-order chi connectivity index (χ1) is 15.5. The van der Waals surface area contributed by atoms with Crippen molar-refractivity contribution in [2.45, 2.75) is 107 Å². The van der Waals surface area contributed by atoms with Crippen molar-refractivity contribution in [1.82, 2.24) is 0 Å². The molecule has 3 aromatic rings. The third-order valence-electron chi connectivity index (χ3n) is 6.12. The highest BCUT2D eigenvalue weighted by Crippen LogP contribution is 2.26. The van der Waals surface area contributed by atoms with Crippen LogP contribution in [0.5, 0.6) is 0 Å². The van der Waals surface area contributed by atoms with Crippen molar-refractivity contribution >= 4 is 0 Å². The minimum absolute atomic E-state index is 0.276. The highest BCUT2D eigenvalue weighted by atomic mass is 14.2. The standard InChI is InChI=1S/2C12H18.C10H14/c2*1-9-6-7-11(10(2)8-9)12(3,4)5;1-8(2)10-6-4-9(3)5-7-10/h2*6-8H,1-5H3;4-8H,1-3H3. The zero-order valence-electron chi connectivity index (χ0n) is 24.4. The largest absolute Gasteiger partial charge is 0.0590 e. The summed E-state index contributed by atoms with van der Waals surface area (Å²) in [5.41, 5.74) is 11.7. The summed E-state index contributed by atoms with van der Waals surface area (Å²) in [5.74, 6) is 0.653. The lowest BCUT2D eigenvalue weighted by molar-refractivity contribution is 0.585. The summed E-state index contributed by atoms with van der Waals surface area (Å²) in [6, 6.07) is 22.1. The lowest BCUT2D eigenvalue weighted by atomic mass is 9.84. The van der Waals surface area contributed by atoms with Gasteiger partial charge in [0.05, 0.1) is 0 Å². The molecule has 0 N–H and O–H groups in total. The van der Waals surface area contributed by atoms with Gasteiger partial charge in [0, 0.05) is 0 Å². The van der Waals surface area contributed by atoms with Gasteiger partial charge in [-0.25, -0.2) is 0 Å². The fourth-order valence-electron chi connectivity index (χ4n) is 4.26. The quantitative estimate of drug-likeness (QED) is 0.340. The van der Waals surface area contributed by atoms with Gasteiger partial charge < -0.3 is 0 Å². The molecule has 0 amide bonds. The predicted molar refractivity (Wildman–Crippen MR) is 154 cm³/mol. The monoisotopic (exact) mass is 458 g/mol. The Morgan fingerprint density at radius 1 is 0.471 bits per heavy atom. The van der Waals surface area contributed by atoms with Gasteiger partial charge in [0.15, 0.2) is 0 Å². The maximum absolute atomic E-state index is 2.25. The van der Waals surface area contributed by atoms with Crippen molar-refractivity contribution in [2.75, 3.05) is 0 Å². The molecule has 0 nitrogen and oxygen atoms in total. The van der Waals surface area contributed by atoms with E-state index in [-0.39, 0.29) is 10.8 Å². The number of rotatable bonds is 1. The molecular formula is C34H50. The van der Waals surface area contributed by atoms with Crippen LogP contribution < -0.4 is 0 Å². The van der Waals surface area contributed by atoms with E-state index in [9.17, 15) is 0 Å². The number of benzene rings is 3. The van der Waals surface area contributed by atoms with Crippen molar-refractivity contribution in [3.05, 3.63) is 105 Å². The molecule has 0 aliphatic heterocycles. The summed E-state index contributed by atoms with van der Waals surface area (Å²) < 4.78 is 0. The Morgan fingerprint density at radius 2 is 0.794 bits per heavy atom. The molecule has 3 rings (SSSR count). The Kier molecular flexibility index (Phi) is 10.8. The van der Waals surface area contributed by atoms with Gasteiger partial charge in [-0.15, -0.1) is 0 Å². The lowest BCUT2D eigenvalue weighted by Crippen LogP contribution is -2.12. The van der Waals surface area contributed by atoms with E-state index in [1.165, 1.54) is 44.5 Å². The van der Waals surface area contributed by atoms with Crippen molar-refractivity contribution in [3.63, 3.8) is 0 Å². The Morgan fingerprint density at radius 3 is 1.06 bits per heavy atom. The minimum atomic E-state index is 0.276. The summed E-state index contributed by atoms with van der Waals surface area (Å²) in [7, 11) is 0. The first kappa shape index (κ1) is 29.7. The molecule has 0 spiro atoms. The molecule has 3 aromatic carbocycles. The van der Waals surface area contributed by atoms with Crippen LogP contribution in [0.25, 0.3) is 0 Å². The highest BCUT2D eigenvalue weighted by molar-refractivity contribution is 5.35. The van der Waals surface area contributed by atoms with Crippen LogP contribution in [0.2, 0.25) is 0 Å². The van der Waals surface area contributed by atoms with E-state index in [1.54, 1.807) is 0 Å². The van der Waals surface area contributed by atoms with Crippen LogP contribution in [0.3, 0.4) is 0 Å². The van der Waals surface area contributed by atoms with Crippen LogP contribution in [0.1, 0.15) is 106 Å². The fourth-order valence-corrected chi connectivity index (χ4v) is 4.26. The molecular weight excluding hydrogens is 408 g/mol. The van der Waals surface area contributed by atoms with Gasteiger partial charge in [0.25, 0.3) is 0 Å². The van der Waals surface area contributed by atoms with Crippen molar-refractivity contribution < 1.29 is 0 Å². The molecule has 0 radical (unpaired) electrons. The van der Waals surface area contributed by atoms with E-state index >= 15 is 0 Å². The molecule has 0 aliphatic rings.